The molecule has 0 bridgehead atoms. The Bertz CT molecular complexity index is 1010. The van der Waals surface area contributed by atoms with Gasteiger partial charge in [-0.1, -0.05) is 17.7 Å². The number of ether oxygens (including phenoxy) is 1. The highest BCUT2D eigenvalue weighted by Crippen LogP contribution is 2.37. The minimum Gasteiger partial charge on any atom is -0.481 e. The number of rotatable bonds is 5. The second-order valence-corrected chi connectivity index (χ2v) is 7.45. The molecule has 0 aliphatic rings. The third kappa shape index (κ3) is 4.90. The van der Waals surface area contributed by atoms with E-state index in [9.17, 15) is 35.2 Å². The summed E-state index contributed by atoms with van der Waals surface area (Å²) in [7, 11) is -5.02. The van der Waals surface area contributed by atoms with Gasteiger partial charge in [0, 0.05) is 6.07 Å². The smallest absolute Gasteiger partial charge is 0.417 e. The predicted molar refractivity (Wildman–Crippen MR) is 88.2 cm³/mol. The van der Waals surface area contributed by atoms with Crippen molar-refractivity contribution < 1.29 is 39.9 Å². The molecule has 0 aliphatic carbocycles. The second-order valence-electron chi connectivity index (χ2n) is 5.42. The minimum atomic E-state index is -5.05. The summed E-state index contributed by atoms with van der Waals surface area (Å²) in [6, 6.07) is 4.62. The Kier molecular flexibility index (Phi) is 6.19. The van der Waals surface area contributed by atoms with Gasteiger partial charge in [0.25, 0.3) is 15.9 Å². The summed E-state index contributed by atoms with van der Waals surface area (Å²) < 4.78 is 96.3. The van der Waals surface area contributed by atoms with Crippen molar-refractivity contribution in [1.29, 1.82) is 0 Å². The fourth-order valence-corrected chi connectivity index (χ4v) is 3.89. The fraction of sp³-hybridized carbons (Fsp3) is 0.188. The highest BCUT2D eigenvalue weighted by molar-refractivity contribution is 7.90. The largest absolute Gasteiger partial charge is 0.481 e. The molecule has 1 unspecified atom stereocenters. The van der Waals surface area contributed by atoms with Gasteiger partial charge >= 0.3 is 6.18 Å². The van der Waals surface area contributed by atoms with Crippen molar-refractivity contribution in [3.8, 4) is 5.75 Å². The molecule has 0 radical (unpaired) electrons. The van der Waals surface area contributed by atoms with E-state index in [2.05, 4.69) is 0 Å². The molecular weight excluding hydrogens is 433 g/mol. The molecule has 0 heterocycles. The van der Waals surface area contributed by atoms with Crippen LogP contribution >= 0.6 is 11.6 Å². The Morgan fingerprint density at radius 2 is 1.79 bits per heavy atom. The first-order valence-corrected chi connectivity index (χ1v) is 9.23. The van der Waals surface area contributed by atoms with Crippen LogP contribution < -0.4 is 9.46 Å². The molecule has 12 heteroatoms. The maximum atomic E-state index is 13.2. The molecule has 2 aromatic carbocycles. The van der Waals surface area contributed by atoms with Crippen LogP contribution in [0.3, 0.4) is 0 Å². The van der Waals surface area contributed by atoms with Crippen molar-refractivity contribution >= 4 is 27.5 Å². The number of hydrogen-bond donors (Lipinski definition) is 1. The van der Waals surface area contributed by atoms with Crippen LogP contribution in [0.4, 0.5) is 22.0 Å². The molecule has 0 saturated heterocycles. The highest BCUT2D eigenvalue weighted by Gasteiger charge is 2.39. The monoisotopic (exact) mass is 443 g/mol. The summed E-state index contributed by atoms with van der Waals surface area (Å²) in [5.41, 5.74) is -1.56. The van der Waals surface area contributed by atoms with Gasteiger partial charge in [-0.25, -0.2) is 21.9 Å². The third-order valence-corrected chi connectivity index (χ3v) is 5.22. The van der Waals surface area contributed by atoms with E-state index < -0.39 is 55.3 Å². The zero-order valence-corrected chi connectivity index (χ0v) is 15.4. The van der Waals surface area contributed by atoms with Crippen molar-refractivity contribution in [3.05, 3.63) is 58.6 Å². The number of carbonyl (C=O) groups excluding carboxylic acids is 1. The number of benzene rings is 2. The van der Waals surface area contributed by atoms with Gasteiger partial charge in [-0.2, -0.15) is 13.2 Å². The Labute approximate surface area is 161 Å². The van der Waals surface area contributed by atoms with Crippen LogP contribution in [-0.2, 0) is 21.0 Å². The number of hydrogen-bond acceptors (Lipinski definition) is 4. The molecular formula is C16H11ClF5NO4S. The molecule has 1 N–H and O–H groups in total. The van der Waals surface area contributed by atoms with Crippen LogP contribution in [0, 0.1) is 11.6 Å². The van der Waals surface area contributed by atoms with Crippen LogP contribution in [0.5, 0.6) is 5.75 Å². The van der Waals surface area contributed by atoms with E-state index in [-0.39, 0.29) is 5.75 Å². The van der Waals surface area contributed by atoms with E-state index in [1.807, 2.05) is 0 Å². The summed E-state index contributed by atoms with van der Waals surface area (Å²) in [6.07, 6.45) is -6.62. The minimum absolute atomic E-state index is 0.298. The van der Waals surface area contributed by atoms with Crippen LogP contribution in [-0.4, -0.2) is 20.4 Å². The number of alkyl halides is 3. The highest BCUT2D eigenvalue weighted by atomic mass is 35.5. The summed E-state index contributed by atoms with van der Waals surface area (Å²) >= 11 is 5.61. The first kappa shape index (κ1) is 21.9. The Hall–Kier alpha value is -2.40. The average molecular weight is 444 g/mol. The topological polar surface area (TPSA) is 72.5 Å². The Morgan fingerprint density at radius 3 is 2.36 bits per heavy atom. The Balaban J connectivity index is 2.27. The van der Waals surface area contributed by atoms with Crippen molar-refractivity contribution in [2.75, 3.05) is 0 Å². The number of sulfonamides is 1. The van der Waals surface area contributed by atoms with Gasteiger partial charge in [0.2, 0.25) is 0 Å². The van der Waals surface area contributed by atoms with Crippen LogP contribution in [0.1, 0.15) is 12.5 Å². The number of halogens is 6. The van der Waals surface area contributed by atoms with Crippen molar-refractivity contribution in [3.63, 3.8) is 0 Å². The molecule has 0 aromatic heterocycles. The van der Waals surface area contributed by atoms with Gasteiger partial charge in [-0.05, 0) is 31.2 Å². The number of nitrogens with one attached hydrogen (secondary N) is 1. The molecule has 28 heavy (non-hydrogen) atoms. The van der Waals surface area contributed by atoms with Gasteiger partial charge in [0.1, 0.15) is 10.6 Å². The predicted octanol–water partition coefficient (Wildman–Crippen LogP) is 3.91. The Morgan fingerprint density at radius 1 is 1.14 bits per heavy atom. The first-order chi connectivity index (χ1) is 12.8. The van der Waals surface area contributed by atoms with E-state index in [4.69, 9.17) is 16.3 Å². The SMILES string of the molecule is CC(Oc1ccc(F)c(F)c1)C(=O)NS(=O)(=O)c1c(Cl)cccc1C(F)(F)F. The maximum absolute atomic E-state index is 13.2. The van der Waals surface area contributed by atoms with Gasteiger partial charge in [0.05, 0.1) is 10.6 Å². The molecule has 1 atom stereocenters. The molecule has 1 amide bonds. The van der Waals surface area contributed by atoms with Crippen LogP contribution in [0.2, 0.25) is 5.02 Å². The van der Waals surface area contributed by atoms with Gasteiger partial charge in [-0.3, -0.25) is 4.79 Å². The second kappa shape index (κ2) is 7.92. The van der Waals surface area contributed by atoms with Crippen LogP contribution in [0.15, 0.2) is 41.3 Å². The lowest BCUT2D eigenvalue weighted by Gasteiger charge is -2.18. The van der Waals surface area contributed by atoms with Crippen molar-refractivity contribution in [1.82, 2.24) is 4.72 Å². The molecule has 152 valence electrons. The summed E-state index contributed by atoms with van der Waals surface area (Å²) in [5.74, 6) is -4.10. The van der Waals surface area contributed by atoms with Gasteiger partial charge in [0.15, 0.2) is 17.7 Å². The quantitative estimate of drug-likeness (QED) is 0.711. The molecule has 0 spiro atoms. The van der Waals surface area contributed by atoms with Crippen molar-refractivity contribution in [2.45, 2.75) is 24.1 Å². The van der Waals surface area contributed by atoms with E-state index in [0.717, 1.165) is 25.1 Å². The fourth-order valence-electron chi connectivity index (χ4n) is 2.08. The summed E-state index contributed by atoms with van der Waals surface area (Å²) in [5, 5.41) is -0.746. The molecule has 5 nitrogen and oxygen atoms in total. The molecule has 0 aliphatic heterocycles. The lowest BCUT2D eigenvalue weighted by Crippen LogP contribution is -2.40. The summed E-state index contributed by atoms with van der Waals surface area (Å²) in [6.45, 7) is 1.06. The first-order valence-electron chi connectivity index (χ1n) is 7.37. The normalized spacial score (nSPS) is 13.1. The number of amides is 1. The lowest BCUT2D eigenvalue weighted by atomic mass is 10.2. The third-order valence-electron chi connectivity index (χ3n) is 3.35. The molecule has 0 saturated carbocycles. The van der Waals surface area contributed by atoms with E-state index in [0.29, 0.717) is 18.2 Å². The number of carbonyl (C=O) groups is 1. The molecule has 2 aromatic rings. The maximum Gasteiger partial charge on any atom is 0.417 e. The lowest BCUT2D eigenvalue weighted by molar-refractivity contribution is -0.140. The molecule has 2 rings (SSSR count). The van der Waals surface area contributed by atoms with E-state index >= 15 is 0 Å². The summed E-state index contributed by atoms with van der Waals surface area (Å²) in [4.78, 5) is 10.7. The van der Waals surface area contributed by atoms with E-state index in [1.54, 1.807) is 0 Å². The van der Waals surface area contributed by atoms with Crippen LogP contribution in [0.25, 0.3) is 0 Å². The van der Waals surface area contributed by atoms with Crippen molar-refractivity contribution in [2.24, 2.45) is 0 Å². The average Bonchev–Trinajstić information content (AvgIpc) is 2.56. The van der Waals surface area contributed by atoms with Gasteiger partial charge < -0.3 is 4.74 Å². The van der Waals surface area contributed by atoms with Gasteiger partial charge in [-0.15, -0.1) is 0 Å². The zero-order chi connectivity index (χ0) is 21.3. The standard InChI is InChI=1S/C16H11ClF5NO4S/c1-8(27-9-5-6-12(18)13(19)7-9)15(24)23-28(25,26)14-10(16(20,21)22)3-2-4-11(14)17/h2-8H,1H3,(H,23,24). The zero-order valence-electron chi connectivity index (χ0n) is 13.9. The van der Waals surface area contributed by atoms with E-state index in [1.165, 1.54) is 4.72 Å². The molecule has 0 fully saturated rings.